The Hall–Kier alpha value is -3.32. The summed E-state index contributed by atoms with van der Waals surface area (Å²) >= 11 is 0. The lowest BCUT2D eigenvalue weighted by molar-refractivity contribution is 0.153. The van der Waals surface area contributed by atoms with Gasteiger partial charge in [-0.1, -0.05) is 69.5 Å². The number of nitrogens with zero attached hydrogens (tertiary/aromatic N) is 5. The summed E-state index contributed by atoms with van der Waals surface area (Å²) in [5.41, 5.74) is 4.10. The Kier molecular flexibility index (Phi) is 7.56. The maximum Gasteiger partial charge on any atom is 0.252 e. The highest BCUT2D eigenvalue weighted by Gasteiger charge is 2.30. The third-order valence-electron chi connectivity index (χ3n) is 7.49. The molecule has 1 atom stereocenters. The van der Waals surface area contributed by atoms with Crippen molar-refractivity contribution < 1.29 is 0 Å². The zero-order valence-electron chi connectivity index (χ0n) is 21.4. The molecule has 1 aliphatic rings. The molecule has 0 spiro atoms. The number of pyridine rings is 1. The minimum absolute atomic E-state index is 0.0166. The smallest absolute Gasteiger partial charge is 0.252 e. The van der Waals surface area contributed by atoms with E-state index in [4.69, 9.17) is 0 Å². The largest absolute Gasteiger partial charge is 0.322 e. The molecule has 36 heavy (non-hydrogen) atoms. The van der Waals surface area contributed by atoms with Crippen LogP contribution in [-0.4, -0.2) is 30.1 Å². The number of tetrazole rings is 1. The van der Waals surface area contributed by atoms with Crippen LogP contribution in [0, 0.1) is 0 Å². The molecule has 1 aliphatic carbocycles. The highest BCUT2D eigenvalue weighted by atomic mass is 16.1. The molecule has 1 fully saturated rings. The van der Waals surface area contributed by atoms with Crippen LogP contribution >= 0.6 is 0 Å². The highest BCUT2D eigenvalue weighted by Crippen LogP contribution is 2.34. The van der Waals surface area contributed by atoms with E-state index in [9.17, 15) is 4.79 Å². The molecule has 0 saturated heterocycles. The van der Waals surface area contributed by atoms with Crippen LogP contribution in [0.25, 0.3) is 10.9 Å². The second-order valence-corrected chi connectivity index (χ2v) is 10.0. The van der Waals surface area contributed by atoms with Gasteiger partial charge in [-0.25, -0.2) is 4.68 Å². The molecule has 2 aromatic heterocycles. The van der Waals surface area contributed by atoms with Crippen LogP contribution in [0.5, 0.6) is 0 Å². The summed E-state index contributed by atoms with van der Waals surface area (Å²) < 4.78 is 2.07. The number of benzene rings is 2. The van der Waals surface area contributed by atoms with Crippen LogP contribution in [0.3, 0.4) is 0 Å². The van der Waals surface area contributed by atoms with Gasteiger partial charge in [-0.3, -0.25) is 9.69 Å². The third kappa shape index (κ3) is 5.26. The Labute approximate surface area is 212 Å². The first-order valence-electron chi connectivity index (χ1n) is 13.4. The minimum Gasteiger partial charge on any atom is -0.322 e. The zero-order valence-corrected chi connectivity index (χ0v) is 21.4. The Morgan fingerprint density at radius 1 is 1.03 bits per heavy atom. The lowest BCUT2D eigenvalue weighted by Crippen LogP contribution is -2.33. The van der Waals surface area contributed by atoms with Crippen LogP contribution in [-0.2, 0) is 19.5 Å². The summed E-state index contributed by atoms with van der Waals surface area (Å²) in [7, 11) is 0. The van der Waals surface area contributed by atoms with Gasteiger partial charge in [-0.2, -0.15) is 0 Å². The number of H-pyrrole nitrogens is 1. The first-order valence-corrected chi connectivity index (χ1v) is 13.4. The van der Waals surface area contributed by atoms with Crippen LogP contribution < -0.4 is 5.56 Å². The third-order valence-corrected chi connectivity index (χ3v) is 7.49. The van der Waals surface area contributed by atoms with E-state index in [-0.39, 0.29) is 11.6 Å². The lowest BCUT2D eigenvalue weighted by Gasteiger charge is -2.31. The summed E-state index contributed by atoms with van der Waals surface area (Å²) in [6.45, 7) is 5.60. The van der Waals surface area contributed by atoms with E-state index < -0.39 is 0 Å². The Morgan fingerprint density at radius 2 is 1.83 bits per heavy atom. The number of nitrogens with one attached hydrogen (secondary N) is 1. The molecule has 7 heteroatoms. The predicted octanol–water partition coefficient (Wildman–Crippen LogP) is 5.74. The van der Waals surface area contributed by atoms with Crippen molar-refractivity contribution in [3.63, 3.8) is 0 Å². The second-order valence-electron chi connectivity index (χ2n) is 10.0. The van der Waals surface area contributed by atoms with Crippen molar-refractivity contribution in [3.8, 4) is 0 Å². The van der Waals surface area contributed by atoms with Crippen molar-refractivity contribution >= 4 is 10.9 Å². The Bertz CT molecular complexity index is 1340. The zero-order chi connectivity index (χ0) is 24.9. The molecule has 0 amide bonds. The number of hydrogen-bond donors (Lipinski definition) is 1. The first-order chi connectivity index (χ1) is 17.7. The van der Waals surface area contributed by atoms with E-state index in [1.165, 1.54) is 24.0 Å². The topological polar surface area (TPSA) is 79.7 Å². The standard InChI is InChI=1S/C29H36N6O/c1-3-10-27(28-31-32-33-35(28)25-13-8-9-14-25)34(19-22-11-6-5-7-12-22)20-24-18-23-17-21(4-2)15-16-26(23)30-29(24)36/h5-7,11-12,15-18,25,27H,3-4,8-10,13-14,19-20H2,1-2H3,(H,30,36)/t27-/m0/s1. The fourth-order valence-corrected chi connectivity index (χ4v) is 5.53. The average molecular weight is 485 g/mol. The minimum atomic E-state index is -0.0320. The Morgan fingerprint density at radius 3 is 2.58 bits per heavy atom. The van der Waals surface area contributed by atoms with Gasteiger partial charge in [0.2, 0.25) is 0 Å². The van der Waals surface area contributed by atoms with Gasteiger partial charge in [-0.05, 0) is 70.8 Å². The summed E-state index contributed by atoms with van der Waals surface area (Å²) in [5.74, 6) is 0.921. The summed E-state index contributed by atoms with van der Waals surface area (Å²) in [5, 5.41) is 14.2. The molecule has 0 radical (unpaired) electrons. The van der Waals surface area contributed by atoms with E-state index in [1.807, 2.05) is 12.1 Å². The molecule has 188 valence electrons. The van der Waals surface area contributed by atoms with Gasteiger partial charge in [0.1, 0.15) is 0 Å². The molecular weight excluding hydrogens is 448 g/mol. The van der Waals surface area contributed by atoms with Gasteiger partial charge in [0.25, 0.3) is 5.56 Å². The van der Waals surface area contributed by atoms with Gasteiger partial charge >= 0.3 is 0 Å². The van der Waals surface area contributed by atoms with Gasteiger partial charge in [0.15, 0.2) is 5.82 Å². The number of hydrogen-bond acceptors (Lipinski definition) is 5. The molecule has 0 bridgehead atoms. The van der Waals surface area contributed by atoms with Crippen molar-refractivity contribution in [2.24, 2.45) is 0 Å². The van der Waals surface area contributed by atoms with E-state index in [1.54, 1.807) is 0 Å². The summed E-state index contributed by atoms with van der Waals surface area (Å²) in [6.07, 6.45) is 7.59. The van der Waals surface area contributed by atoms with Gasteiger partial charge in [0, 0.05) is 24.2 Å². The van der Waals surface area contributed by atoms with Gasteiger partial charge in [0.05, 0.1) is 12.1 Å². The fraction of sp³-hybridized carbons (Fsp3) is 0.448. The molecule has 2 heterocycles. The average Bonchev–Trinajstić information content (AvgIpc) is 3.60. The van der Waals surface area contributed by atoms with Crippen LogP contribution in [0.15, 0.2) is 59.4 Å². The van der Waals surface area contributed by atoms with Crippen molar-refractivity contribution in [3.05, 3.63) is 87.5 Å². The molecular formula is C29H36N6O. The first kappa shape index (κ1) is 24.4. The van der Waals surface area contributed by atoms with Gasteiger partial charge in [-0.15, -0.1) is 5.10 Å². The molecule has 0 aliphatic heterocycles. The quantitative estimate of drug-likeness (QED) is 0.311. The normalized spacial score (nSPS) is 15.2. The van der Waals surface area contributed by atoms with Gasteiger partial charge < -0.3 is 4.98 Å². The number of aromatic nitrogens is 5. The number of aryl methyl sites for hydroxylation is 1. The molecule has 7 nitrogen and oxygen atoms in total. The number of aromatic amines is 1. The van der Waals surface area contributed by atoms with E-state index in [0.717, 1.165) is 60.9 Å². The lowest BCUT2D eigenvalue weighted by atomic mass is 10.0. The van der Waals surface area contributed by atoms with E-state index in [0.29, 0.717) is 12.6 Å². The number of fused-ring (bicyclic) bond motifs is 1. The van der Waals surface area contributed by atoms with E-state index in [2.05, 4.69) is 86.4 Å². The van der Waals surface area contributed by atoms with Crippen molar-refractivity contribution in [1.29, 1.82) is 0 Å². The number of rotatable bonds is 10. The monoisotopic (exact) mass is 484 g/mol. The maximum atomic E-state index is 13.2. The summed E-state index contributed by atoms with van der Waals surface area (Å²) in [6, 6.07) is 19.2. The van der Waals surface area contributed by atoms with Crippen molar-refractivity contribution in [2.75, 3.05) is 0 Å². The van der Waals surface area contributed by atoms with E-state index >= 15 is 0 Å². The highest BCUT2D eigenvalue weighted by molar-refractivity contribution is 5.79. The summed E-state index contributed by atoms with van der Waals surface area (Å²) in [4.78, 5) is 18.7. The van der Waals surface area contributed by atoms with Crippen LogP contribution in [0.4, 0.5) is 0 Å². The molecule has 4 aromatic rings. The fourth-order valence-electron chi connectivity index (χ4n) is 5.53. The maximum absolute atomic E-state index is 13.2. The SMILES string of the molecule is CCC[C@@H](c1nnnn1C1CCCC1)N(Cc1ccccc1)Cc1cc2cc(CC)ccc2[nH]c1=O. The van der Waals surface area contributed by atoms with Crippen molar-refractivity contribution in [2.45, 2.75) is 84.0 Å². The molecule has 1 N–H and O–H groups in total. The van der Waals surface area contributed by atoms with Crippen LogP contribution in [0.2, 0.25) is 0 Å². The predicted molar refractivity (Wildman–Crippen MR) is 143 cm³/mol. The Balaban J connectivity index is 1.54. The molecule has 0 unspecified atom stereocenters. The molecule has 2 aromatic carbocycles. The molecule has 5 rings (SSSR count). The van der Waals surface area contributed by atoms with Crippen LogP contribution in [0.1, 0.15) is 87.0 Å². The molecule has 1 saturated carbocycles. The van der Waals surface area contributed by atoms with Crippen molar-refractivity contribution in [1.82, 2.24) is 30.1 Å². The second kappa shape index (κ2) is 11.2.